The molecule has 0 radical (unpaired) electrons. The molecule has 3 rings (SSSR count). The molecule has 6 heteroatoms. The summed E-state index contributed by atoms with van der Waals surface area (Å²) in [6.45, 7) is 3.54. The van der Waals surface area contributed by atoms with Gasteiger partial charge in [-0.2, -0.15) is 0 Å². The van der Waals surface area contributed by atoms with Crippen LogP contribution in [0, 0.1) is 0 Å². The SMILES string of the molecule is C=CC(=O)OCc1cc(-c2ccc(NC(=O)CCl)cc2)nc2ccccc12. The fraction of sp³-hybridized carbons (Fsp3) is 0.0952. The molecule has 0 aliphatic heterocycles. The van der Waals surface area contributed by atoms with Crippen LogP contribution in [0.25, 0.3) is 22.2 Å². The smallest absolute Gasteiger partial charge is 0.330 e. The number of alkyl halides is 1. The number of hydrogen-bond donors (Lipinski definition) is 1. The number of aromatic nitrogens is 1. The van der Waals surface area contributed by atoms with Crippen molar-refractivity contribution in [3.63, 3.8) is 0 Å². The molecule has 0 bridgehead atoms. The third kappa shape index (κ3) is 4.51. The van der Waals surface area contributed by atoms with Crippen LogP contribution in [0.3, 0.4) is 0 Å². The fourth-order valence-corrected chi connectivity index (χ4v) is 2.71. The van der Waals surface area contributed by atoms with Gasteiger partial charge in [-0.1, -0.05) is 36.9 Å². The first-order valence-corrected chi connectivity index (χ1v) is 8.78. The van der Waals surface area contributed by atoms with Gasteiger partial charge in [-0.05, 0) is 24.3 Å². The first-order valence-electron chi connectivity index (χ1n) is 8.25. The van der Waals surface area contributed by atoms with Crippen molar-refractivity contribution in [2.75, 3.05) is 11.2 Å². The van der Waals surface area contributed by atoms with Crippen molar-refractivity contribution < 1.29 is 14.3 Å². The van der Waals surface area contributed by atoms with E-state index in [1.165, 1.54) is 0 Å². The molecule has 3 aromatic rings. The summed E-state index contributed by atoms with van der Waals surface area (Å²) < 4.78 is 5.21. The van der Waals surface area contributed by atoms with Crippen LogP contribution in [-0.2, 0) is 20.9 Å². The average molecular weight is 381 g/mol. The summed E-state index contributed by atoms with van der Waals surface area (Å²) in [5, 5.41) is 3.61. The number of carbonyl (C=O) groups is 2. The van der Waals surface area contributed by atoms with Gasteiger partial charge in [0.1, 0.15) is 12.5 Å². The number of rotatable bonds is 6. The number of benzene rings is 2. The lowest BCUT2D eigenvalue weighted by atomic mass is 10.0. The number of fused-ring (bicyclic) bond motifs is 1. The summed E-state index contributed by atoms with van der Waals surface area (Å²) in [5.41, 5.74) is 3.93. The van der Waals surface area contributed by atoms with E-state index in [2.05, 4.69) is 11.9 Å². The lowest BCUT2D eigenvalue weighted by molar-refractivity contribution is -0.138. The van der Waals surface area contributed by atoms with Crippen molar-refractivity contribution in [2.24, 2.45) is 0 Å². The first-order chi connectivity index (χ1) is 13.1. The largest absolute Gasteiger partial charge is 0.458 e. The van der Waals surface area contributed by atoms with Gasteiger partial charge in [0.15, 0.2) is 0 Å². The van der Waals surface area contributed by atoms with Gasteiger partial charge in [0.25, 0.3) is 0 Å². The number of anilines is 1. The molecule has 136 valence electrons. The lowest BCUT2D eigenvalue weighted by Gasteiger charge is -2.11. The van der Waals surface area contributed by atoms with Gasteiger partial charge in [-0.15, -0.1) is 11.6 Å². The second kappa shape index (κ2) is 8.47. The number of amides is 1. The van der Waals surface area contributed by atoms with E-state index in [1.807, 2.05) is 42.5 Å². The fourth-order valence-electron chi connectivity index (χ4n) is 2.64. The highest BCUT2D eigenvalue weighted by atomic mass is 35.5. The topological polar surface area (TPSA) is 68.3 Å². The molecule has 5 nitrogen and oxygen atoms in total. The van der Waals surface area contributed by atoms with E-state index >= 15 is 0 Å². The summed E-state index contributed by atoms with van der Waals surface area (Å²) in [6.07, 6.45) is 1.14. The van der Waals surface area contributed by atoms with Crippen molar-refractivity contribution in [3.8, 4) is 11.3 Å². The molecule has 0 saturated carbocycles. The maximum Gasteiger partial charge on any atom is 0.330 e. The zero-order chi connectivity index (χ0) is 19.2. The average Bonchev–Trinajstić information content (AvgIpc) is 2.71. The molecule has 0 aliphatic rings. The van der Waals surface area contributed by atoms with Gasteiger partial charge in [0.05, 0.1) is 11.2 Å². The maximum atomic E-state index is 11.4. The molecule has 1 N–H and O–H groups in total. The predicted octanol–water partition coefficient (Wildman–Crippen LogP) is 4.31. The van der Waals surface area contributed by atoms with E-state index < -0.39 is 5.97 Å². The molecule has 0 aliphatic carbocycles. The maximum absolute atomic E-state index is 11.4. The lowest BCUT2D eigenvalue weighted by Crippen LogP contribution is -2.12. The highest BCUT2D eigenvalue weighted by Gasteiger charge is 2.09. The highest BCUT2D eigenvalue weighted by Crippen LogP contribution is 2.26. The van der Waals surface area contributed by atoms with Crippen molar-refractivity contribution >= 4 is 40.1 Å². The standard InChI is InChI=1S/C21H17ClN2O3/c1-2-21(26)27-13-15-11-19(24-18-6-4-3-5-17(15)18)14-7-9-16(10-8-14)23-20(25)12-22/h2-11H,1,12-13H2,(H,23,25). The Kier molecular flexibility index (Phi) is 5.84. The Balaban J connectivity index is 1.95. The minimum Gasteiger partial charge on any atom is -0.458 e. The zero-order valence-corrected chi connectivity index (χ0v) is 15.2. The number of halogens is 1. The minimum absolute atomic E-state index is 0.0965. The molecular weight excluding hydrogens is 364 g/mol. The minimum atomic E-state index is -0.475. The van der Waals surface area contributed by atoms with Crippen LogP contribution in [0.4, 0.5) is 5.69 Å². The monoisotopic (exact) mass is 380 g/mol. The number of carbonyl (C=O) groups excluding carboxylic acids is 2. The van der Waals surface area contributed by atoms with Crippen LogP contribution in [-0.4, -0.2) is 22.7 Å². The van der Waals surface area contributed by atoms with E-state index in [-0.39, 0.29) is 18.4 Å². The molecule has 0 saturated heterocycles. The zero-order valence-electron chi connectivity index (χ0n) is 14.4. The van der Waals surface area contributed by atoms with Gasteiger partial charge in [-0.25, -0.2) is 9.78 Å². The van der Waals surface area contributed by atoms with E-state index in [0.717, 1.165) is 33.8 Å². The molecule has 2 aromatic carbocycles. The first kappa shape index (κ1) is 18.6. The van der Waals surface area contributed by atoms with Gasteiger partial charge in [0, 0.05) is 28.3 Å². The van der Waals surface area contributed by atoms with Gasteiger partial charge in [-0.3, -0.25) is 4.79 Å². The number of para-hydroxylation sites is 1. The Labute approximate surface area is 161 Å². The second-order valence-corrected chi connectivity index (χ2v) is 6.02. The molecular formula is C21H17ClN2O3. The highest BCUT2D eigenvalue weighted by molar-refractivity contribution is 6.29. The molecule has 1 amide bonds. The molecule has 1 aromatic heterocycles. The number of pyridine rings is 1. The second-order valence-electron chi connectivity index (χ2n) is 5.75. The third-order valence-electron chi connectivity index (χ3n) is 3.92. The van der Waals surface area contributed by atoms with Crippen molar-refractivity contribution in [1.82, 2.24) is 4.98 Å². The van der Waals surface area contributed by atoms with E-state index in [1.54, 1.807) is 12.1 Å². The number of ether oxygens (including phenoxy) is 1. The van der Waals surface area contributed by atoms with Crippen molar-refractivity contribution in [1.29, 1.82) is 0 Å². The molecule has 27 heavy (non-hydrogen) atoms. The molecule has 0 atom stereocenters. The van der Waals surface area contributed by atoms with Crippen LogP contribution < -0.4 is 5.32 Å². The molecule has 1 heterocycles. The van der Waals surface area contributed by atoms with Crippen LogP contribution in [0.15, 0.2) is 67.3 Å². The summed E-state index contributed by atoms with van der Waals surface area (Å²) in [5.74, 6) is -0.836. The van der Waals surface area contributed by atoms with Crippen LogP contribution in [0.5, 0.6) is 0 Å². The van der Waals surface area contributed by atoms with Gasteiger partial charge >= 0.3 is 5.97 Å². The van der Waals surface area contributed by atoms with Crippen molar-refractivity contribution in [3.05, 3.63) is 72.8 Å². The summed E-state index contributed by atoms with van der Waals surface area (Å²) in [7, 11) is 0. The Hall–Kier alpha value is -3.18. The Morgan fingerprint density at radius 3 is 2.59 bits per heavy atom. The van der Waals surface area contributed by atoms with Gasteiger partial charge in [0.2, 0.25) is 5.91 Å². The Morgan fingerprint density at radius 2 is 1.89 bits per heavy atom. The normalized spacial score (nSPS) is 10.4. The van der Waals surface area contributed by atoms with Crippen LogP contribution in [0.2, 0.25) is 0 Å². The third-order valence-corrected chi connectivity index (χ3v) is 4.17. The number of nitrogens with one attached hydrogen (secondary N) is 1. The molecule has 0 spiro atoms. The molecule has 0 unspecified atom stereocenters. The number of nitrogens with zero attached hydrogens (tertiary/aromatic N) is 1. The van der Waals surface area contributed by atoms with Gasteiger partial charge < -0.3 is 10.1 Å². The summed E-state index contributed by atoms with van der Waals surface area (Å²) in [4.78, 5) is 27.5. The van der Waals surface area contributed by atoms with Crippen molar-refractivity contribution in [2.45, 2.75) is 6.61 Å². The Morgan fingerprint density at radius 1 is 1.15 bits per heavy atom. The number of esters is 1. The van der Waals surface area contributed by atoms with E-state index in [4.69, 9.17) is 21.3 Å². The summed E-state index contributed by atoms with van der Waals surface area (Å²) >= 11 is 5.50. The molecule has 0 fully saturated rings. The Bertz CT molecular complexity index is 1000. The van der Waals surface area contributed by atoms with Crippen LogP contribution >= 0.6 is 11.6 Å². The summed E-state index contributed by atoms with van der Waals surface area (Å²) in [6, 6.07) is 16.9. The van der Waals surface area contributed by atoms with E-state index in [9.17, 15) is 9.59 Å². The quantitative estimate of drug-likeness (QED) is 0.393. The number of hydrogen-bond acceptors (Lipinski definition) is 4. The predicted molar refractivity (Wildman–Crippen MR) is 107 cm³/mol. The van der Waals surface area contributed by atoms with E-state index in [0.29, 0.717) is 5.69 Å². The van der Waals surface area contributed by atoms with Crippen LogP contribution in [0.1, 0.15) is 5.56 Å².